The molecule has 0 aromatic carbocycles. The van der Waals surface area contributed by atoms with Crippen molar-refractivity contribution < 1.29 is 0 Å². The molecule has 0 unspecified atom stereocenters. The average molecular weight is 225 g/mol. The van der Waals surface area contributed by atoms with Crippen LogP contribution in [0, 0.1) is 0 Å². The highest BCUT2D eigenvalue weighted by atomic mass is 15.4. The van der Waals surface area contributed by atoms with Gasteiger partial charge in [0.1, 0.15) is 0 Å². The van der Waals surface area contributed by atoms with Gasteiger partial charge >= 0.3 is 0 Å². The molecule has 16 heavy (non-hydrogen) atoms. The number of rotatable bonds is 10. The maximum absolute atomic E-state index is 6.00. The third kappa shape index (κ3) is 7.46. The van der Waals surface area contributed by atoms with Crippen LogP contribution in [-0.2, 0) is 0 Å². The second-order valence-corrected chi connectivity index (χ2v) is 4.16. The van der Waals surface area contributed by atoms with Gasteiger partial charge < -0.3 is 5.01 Å². The number of unbranched alkanes of at least 4 members (excludes halogenated alkanes) is 4. The molecule has 0 spiro atoms. The van der Waals surface area contributed by atoms with Crippen LogP contribution in [0.5, 0.6) is 0 Å². The van der Waals surface area contributed by atoms with Gasteiger partial charge in [-0.25, -0.2) is 5.84 Å². The van der Waals surface area contributed by atoms with Crippen LogP contribution in [0.4, 0.5) is 0 Å². The number of nitrogens with zero attached hydrogens (tertiary/aromatic N) is 2. The molecule has 0 bridgehead atoms. The summed E-state index contributed by atoms with van der Waals surface area (Å²) in [6.07, 6.45) is 10.1. The summed E-state index contributed by atoms with van der Waals surface area (Å²) in [7, 11) is 0. The van der Waals surface area contributed by atoms with Crippen molar-refractivity contribution in [2.75, 3.05) is 6.54 Å². The van der Waals surface area contributed by atoms with Crippen LogP contribution < -0.4 is 5.84 Å². The first-order valence-electron chi connectivity index (χ1n) is 6.43. The monoisotopic (exact) mass is 225 g/mol. The first-order valence-corrected chi connectivity index (χ1v) is 6.43. The molecule has 0 aliphatic carbocycles. The molecule has 0 heterocycles. The number of allylic oxidation sites excluding steroid dienone is 1. The van der Waals surface area contributed by atoms with Crippen molar-refractivity contribution in [2.45, 2.75) is 58.8 Å². The van der Waals surface area contributed by atoms with Crippen molar-refractivity contribution in [1.82, 2.24) is 5.01 Å². The van der Waals surface area contributed by atoms with E-state index in [1.807, 2.05) is 5.01 Å². The average Bonchev–Trinajstić information content (AvgIpc) is 2.29. The summed E-state index contributed by atoms with van der Waals surface area (Å²) in [5.74, 6) is 6.00. The maximum atomic E-state index is 6.00. The zero-order valence-corrected chi connectivity index (χ0v) is 10.9. The highest BCUT2D eigenvalue weighted by Crippen LogP contribution is 2.11. The minimum absolute atomic E-state index is 0.922. The number of nitrogens with two attached hydrogens (primary N) is 1. The van der Waals surface area contributed by atoms with Crippen LogP contribution >= 0.6 is 0 Å². The van der Waals surface area contributed by atoms with E-state index >= 15 is 0 Å². The van der Waals surface area contributed by atoms with Gasteiger partial charge in [-0.3, -0.25) is 4.99 Å². The van der Waals surface area contributed by atoms with Gasteiger partial charge in [-0.15, -0.1) is 0 Å². The first-order chi connectivity index (χ1) is 7.76. The molecule has 3 nitrogen and oxygen atoms in total. The fourth-order valence-electron chi connectivity index (χ4n) is 1.60. The van der Waals surface area contributed by atoms with Crippen LogP contribution in [-0.4, -0.2) is 18.3 Å². The Morgan fingerprint density at radius 3 is 2.44 bits per heavy atom. The van der Waals surface area contributed by atoms with Crippen molar-refractivity contribution in [3.05, 3.63) is 11.9 Å². The van der Waals surface area contributed by atoms with E-state index in [0.29, 0.717) is 0 Å². The Bertz CT molecular complexity index is 199. The van der Waals surface area contributed by atoms with Crippen molar-refractivity contribution in [3.63, 3.8) is 0 Å². The molecular weight excluding hydrogens is 198 g/mol. The van der Waals surface area contributed by atoms with E-state index in [-0.39, 0.29) is 0 Å². The summed E-state index contributed by atoms with van der Waals surface area (Å²) in [4.78, 5) is 3.82. The first kappa shape index (κ1) is 15.2. The topological polar surface area (TPSA) is 41.6 Å². The second-order valence-electron chi connectivity index (χ2n) is 4.16. The summed E-state index contributed by atoms with van der Waals surface area (Å²) < 4.78 is 0. The lowest BCUT2D eigenvalue weighted by molar-refractivity contribution is 0.331. The molecular formula is C13H27N3. The minimum atomic E-state index is 0.922. The molecule has 0 amide bonds. The predicted molar refractivity (Wildman–Crippen MR) is 72.2 cm³/mol. The van der Waals surface area contributed by atoms with E-state index in [1.165, 1.54) is 25.7 Å². The van der Waals surface area contributed by atoms with Crippen LogP contribution in [0.1, 0.15) is 58.8 Å². The zero-order valence-electron chi connectivity index (χ0n) is 10.9. The van der Waals surface area contributed by atoms with Gasteiger partial charge in [-0.2, -0.15) is 0 Å². The Morgan fingerprint density at radius 2 is 1.88 bits per heavy atom. The van der Waals surface area contributed by atoms with Crippen molar-refractivity contribution >= 4 is 6.72 Å². The molecule has 0 saturated heterocycles. The highest BCUT2D eigenvalue weighted by Gasteiger charge is 2.04. The van der Waals surface area contributed by atoms with Crippen molar-refractivity contribution in [2.24, 2.45) is 10.8 Å². The quantitative estimate of drug-likeness (QED) is 0.268. The molecule has 0 atom stereocenters. The largest absolute Gasteiger partial charge is 0.314 e. The number of hydrogen-bond donors (Lipinski definition) is 1. The van der Waals surface area contributed by atoms with Gasteiger partial charge in [0.25, 0.3) is 0 Å². The zero-order chi connectivity index (χ0) is 12.2. The predicted octanol–water partition coefficient (Wildman–Crippen LogP) is 3.47. The third-order valence-corrected chi connectivity index (χ3v) is 2.65. The van der Waals surface area contributed by atoms with E-state index in [2.05, 4.69) is 25.6 Å². The fourth-order valence-corrected chi connectivity index (χ4v) is 1.60. The third-order valence-electron chi connectivity index (χ3n) is 2.65. The van der Waals surface area contributed by atoms with Gasteiger partial charge in [0.2, 0.25) is 0 Å². The highest BCUT2D eigenvalue weighted by molar-refractivity contribution is 5.26. The summed E-state index contributed by atoms with van der Waals surface area (Å²) >= 11 is 0. The summed E-state index contributed by atoms with van der Waals surface area (Å²) in [5, 5.41) is 1.83. The lowest BCUT2D eigenvalue weighted by Crippen LogP contribution is -2.31. The van der Waals surface area contributed by atoms with Crippen molar-refractivity contribution in [3.8, 4) is 0 Å². The lowest BCUT2D eigenvalue weighted by Gasteiger charge is -2.21. The standard InChI is InChI=1S/C13H27N3/c1-4-6-8-9-11-16(14)13(12-15-3)10-7-5-2/h12H,3-11,14H2,1-2H3/b13-12-. The normalized spacial score (nSPS) is 11.6. The minimum Gasteiger partial charge on any atom is -0.314 e. The van der Waals surface area contributed by atoms with Gasteiger partial charge in [0.15, 0.2) is 0 Å². The van der Waals surface area contributed by atoms with E-state index in [0.717, 1.165) is 31.5 Å². The number of aliphatic imine (C=N–C) groups is 1. The Hall–Kier alpha value is -0.830. The molecule has 2 N–H and O–H groups in total. The van der Waals surface area contributed by atoms with E-state index in [4.69, 9.17) is 5.84 Å². The van der Waals surface area contributed by atoms with Crippen LogP contribution in [0.25, 0.3) is 0 Å². The number of hydrogen-bond acceptors (Lipinski definition) is 3. The molecule has 3 heteroatoms. The second kappa shape index (κ2) is 10.7. The van der Waals surface area contributed by atoms with E-state index in [9.17, 15) is 0 Å². The Balaban J connectivity index is 3.92. The summed E-state index contributed by atoms with van der Waals surface area (Å²) in [6, 6.07) is 0. The molecule has 0 fully saturated rings. The molecule has 0 radical (unpaired) electrons. The molecule has 94 valence electrons. The maximum Gasteiger partial charge on any atom is 0.0473 e. The lowest BCUT2D eigenvalue weighted by atomic mass is 10.2. The van der Waals surface area contributed by atoms with Crippen LogP contribution in [0.15, 0.2) is 16.9 Å². The van der Waals surface area contributed by atoms with Gasteiger partial charge in [0, 0.05) is 18.4 Å². The fraction of sp³-hybridized carbons (Fsp3) is 0.769. The number of hydrazine groups is 1. The molecule has 0 rings (SSSR count). The van der Waals surface area contributed by atoms with Crippen LogP contribution in [0.3, 0.4) is 0 Å². The molecule has 0 saturated carbocycles. The van der Waals surface area contributed by atoms with Crippen molar-refractivity contribution in [1.29, 1.82) is 0 Å². The SMILES string of the molecule is C=N/C=C(/CCCC)N(N)CCCCCC. The molecule has 0 aliphatic rings. The Labute approximate surface area is 100 Å². The van der Waals surface area contributed by atoms with Gasteiger partial charge in [0.05, 0.1) is 0 Å². The smallest absolute Gasteiger partial charge is 0.0473 e. The van der Waals surface area contributed by atoms with Crippen LogP contribution in [0.2, 0.25) is 0 Å². The molecule has 0 aromatic heterocycles. The molecule has 0 aromatic rings. The summed E-state index contributed by atoms with van der Waals surface area (Å²) in [6.45, 7) is 8.81. The Morgan fingerprint density at radius 1 is 1.19 bits per heavy atom. The summed E-state index contributed by atoms with van der Waals surface area (Å²) in [5.41, 5.74) is 1.10. The van der Waals surface area contributed by atoms with Gasteiger partial charge in [-0.05, 0) is 26.0 Å². The van der Waals surface area contributed by atoms with E-state index in [1.54, 1.807) is 6.20 Å². The van der Waals surface area contributed by atoms with Gasteiger partial charge in [-0.1, -0.05) is 39.5 Å². The Kier molecular flexibility index (Phi) is 10.1. The molecule has 0 aliphatic heterocycles. The van der Waals surface area contributed by atoms with E-state index < -0.39 is 0 Å².